The number of methoxy groups -OCH3 is 1. The Bertz CT molecular complexity index is 569. The number of benzene rings is 1. The van der Waals surface area contributed by atoms with Crippen LogP contribution < -0.4 is 15.4 Å². The highest BCUT2D eigenvalue weighted by atomic mass is 35.5. The van der Waals surface area contributed by atoms with Crippen LogP contribution in [-0.4, -0.2) is 25.0 Å². The highest BCUT2D eigenvalue weighted by Gasteiger charge is 2.21. The number of nitrogens with one attached hydrogen (secondary N) is 2. The first-order chi connectivity index (χ1) is 10.5. The van der Waals surface area contributed by atoms with Crippen molar-refractivity contribution >= 4 is 29.1 Å². The van der Waals surface area contributed by atoms with E-state index in [1.165, 1.54) is 13.5 Å². The SMILES string of the molecule is COc1cc(Cl)c(C)cc1NC(=O)C(=O)NC1CCCCC1. The van der Waals surface area contributed by atoms with E-state index in [9.17, 15) is 9.59 Å². The molecule has 0 spiro atoms. The second-order valence-electron chi connectivity index (χ2n) is 5.56. The zero-order chi connectivity index (χ0) is 16.1. The van der Waals surface area contributed by atoms with Gasteiger partial charge in [-0.3, -0.25) is 9.59 Å². The Hall–Kier alpha value is -1.75. The van der Waals surface area contributed by atoms with Gasteiger partial charge in [0.05, 0.1) is 12.8 Å². The van der Waals surface area contributed by atoms with E-state index in [1.807, 2.05) is 6.92 Å². The summed E-state index contributed by atoms with van der Waals surface area (Å²) in [7, 11) is 1.48. The number of ether oxygens (including phenoxy) is 1. The average Bonchev–Trinajstić information content (AvgIpc) is 2.51. The molecule has 120 valence electrons. The van der Waals surface area contributed by atoms with E-state index in [0.29, 0.717) is 16.5 Å². The van der Waals surface area contributed by atoms with Gasteiger partial charge in [0, 0.05) is 17.1 Å². The van der Waals surface area contributed by atoms with E-state index in [0.717, 1.165) is 31.2 Å². The van der Waals surface area contributed by atoms with Crippen LogP contribution in [0, 0.1) is 6.92 Å². The van der Waals surface area contributed by atoms with Gasteiger partial charge in [-0.05, 0) is 31.4 Å². The summed E-state index contributed by atoms with van der Waals surface area (Å²) in [6.07, 6.45) is 5.25. The predicted molar refractivity (Wildman–Crippen MR) is 86.4 cm³/mol. The van der Waals surface area contributed by atoms with Crippen LogP contribution in [0.4, 0.5) is 5.69 Å². The molecule has 5 nitrogen and oxygen atoms in total. The molecule has 1 aromatic carbocycles. The topological polar surface area (TPSA) is 67.4 Å². The fourth-order valence-corrected chi connectivity index (χ4v) is 2.76. The van der Waals surface area contributed by atoms with Gasteiger partial charge in [0.2, 0.25) is 0 Å². The van der Waals surface area contributed by atoms with Gasteiger partial charge in [0.1, 0.15) is 5.75 Å². The first-order valence-electron chi connectivity index (χ1n) is 7.47. The van der Waals surface area contributed by atoms with Gasteiger partial charge in [-0.2, -0.15) is 0 Å². The van der Waals surface area contributed by atoms with Crippen molar-refractivity contribution < 1.29 is 14.3 Å². The minimum absolute atomic E-state index is 0.0980. The normalized spacial score (nSPS) is 15.2. The highest BCUT2D eigenvalue weighted by molar-refractivity contribution is 6.40. The molecular formula is C16H21ClN2O3. The molecule has 2 N–H and O–H groups in total. The summed E-state index contributed by atoms with van der Waals surface area (Å²) in [5.41, 5.74) is 1.23. The number of rotatable bonds is 3. The van der Waals surface area contributed by atoms with Gasteiger partial charge in [-0.15, -0.1) is 0 Å². The Balaban J connectivity index is 2.01. The number of carbonyl (C=O) groups excluding carboxylic acids is 2. The number of halogens is 1. The molecule has 2 amide bonds. The molecule has 1 fully saturated rings. The molecule has 2 rings (SSSR count). The zero-order valence-electron chi connectivity index (χ0n) is 12.9. The molecule has 6 heteroatoms. The number of anilines is 1. The highest BCUT2D eigenvalue weighted by Crippen LogP contribution is 2.30. The third kappa shape index (κ3) is 4.13. The van der Waals surface area contributed by atoms with Crippen LogP contribution in [0.25, 0.3) is 0 Å². The third-order valence-corrected chi connectivity index (χ3v) is 4.28. The Kier molecular flexibility index (Phi) is 5.66. The third-order valence-electron chi connectivity index (χ3n) is 3.88. The molecule has 1 saturated carbocycles. The molecule has 0 unspecified atom stereocenters. The molecule has 1 aromatic rings. The smallest absolute Gasteiger partial charge is 0.313 e. The Labute approximate surface area is 135 Å². The summed E-state index contributed by atoms with van der Waals surface area (Å²) < 4.78 is 5.18. The minimum Gasteiger partial charge on any atom is -0.495 e. The molecular weight excluding hydrogens is 304 g/mol. The van der Waals surface area contributed by atoms with Gasteiger partial charge in [-0.25, -0.2) is 0 Å². The summed E-state index contributed by atoms with van der Waals surface area (Å²) in [4.78, 5) is 24.0. The molecule has 1 aliphatic rings. The Morgan fingerprint density at radius 2 is 1.86 bits per heavy atom. The number of hydrogen-bond acceptors (Lipinski definition) is 3. The van der Waals surface area contributed by atoms with Crippen molar-refractivity contribution in [3.63, 3.8) is 0 Å². The first-order valence-corrected chi connectivity index (χ1v) is 7.85. The van der Waals surface area contributed by atoms with E-state index < -0.39 is 11.8 Å². The van der Waals surface area contributed by atoms with Crippen molar-refractivity contribution in [1.29, 1.82) is 0 Å². The molecule has 0 radical (unpaired) electrons. The van der Waals surface area contributed by atoms with Crippen LogP contribution in [0.1, 0.15) is 37.7 Å². The van der Waals surface area contributed by atoms with E-state index in [2.05, 4.69) is 10.6 Å². The molecule has 0 atom stereocenters. The molecule has 0 heterocycles. The van der Waals surface area contributed by atoms with E-state index >= 15 is 0 Å². The van der Waals surface area contributed by atoms with Gasteiger partial charge in [0.25, 0.3) is 0 Å². The van der Waals surface area contributed by atoms with Crippen molar-refractivity contribution in [3.8, 4) is 5.75 Å². The number of hydrogen-bond donors (Lipinski definition) is 2. The number of carbonyl (C=O) groups is 2. The molecule has 0 aromatic heterocycles. The second-order valence-corrected chi connectivity index (χ2v) is 5.97. The van der Waals surface area contributed by atoms with Crippen LogP contribution in [-0.2, 0) is 9.59 Å². The summed E-state index contributed by atoms with van der Waals surface area (Å²) in [5.74, 6) is -0.874. The van der Waals surface area contributed by atoms with Crippen LogP contribution >= 0.6 is 11.6 Å². The largest absolute Gasteiger partial charge is 0.495 e. The zero-order valence-corrected chi connectivity index (χ0v) is 13.6. The van der Waals surface area contributed by atoms with Gasteiger partial charge in [0.15, 0.2) is 0 Å². The molecule has 22 heavy (non-hydrogen) atoms. The van der Waals surface area contributed by atoms with Gasteiger partial charge >= 0.3 is 11.8 Å². The Morgan fingerprint density at radius 3 is 2.50 bits per heavy atom. The molecule has 0 aliphatic heterocycles. The predicted octanol–water partition coefficient (Wildman–Crippen LogP) is 3.04. The standard InChI is InChI=1S/C16H21ClN2O3/c1-10-8-13(14(22-2)9-12(10)17)19-16(21)15(20)18-11-6-4-3-5-7-11/h8-9,11H,3-7H2,1-2H3,(H,18,20)(H,19,21). The summed E-state index contributed by atoms with van der Waals surface area (Å²) in [6, 6.07) is 3.40. The van der Waals surface area contributed by atoms with E-state index in [1.54, 1.807) is 12.1 Å². The Morgan fingerprint density at radius 1 is 1.18 bits per heavy atom. The van der Waals surface area contributed by atoms with E-state index in [-0.39, 0.29) is 6.04 Å². The van der Waals surface area contributed by atoms with Crippen LogP contribution in [0.2, 0.25) is 5.02 Å². The quantitative estimate of drug-likeness (QED) is 0.840. The fourth-order valence-electron chi connectivity index (χ4n) is 2.61. The molecule has 1 aliphatic carbocycles. The lowest BCUT2D eigenvalue weighted by molar-refractivity contribution is -0.136. The molecule has 0 bridgehead atoms. The fraction of sp³-hybridized carbons (Fsp3) is 0.500. The minimum atomic E-state index is -0.689. The monoisotopic (exact) mass is 324 g/mol. The van der Waals surface area contributed by atoms with Crippen molar-refractivity contribution in [1.82, 2.24) is 5.32 Å². The van der Waals surface area contributed by atoms with Crippen molar-refractivity contribution in [2.75, 3.05) is 12.4 Å². The summed E-state index contributed by atoms with van der Waals surface area (Å²) in [5, 5.41) is 5.91. The summed E-state index contributed by atoms with van der Waals surface area (Å²) in [6.45, 7) is 1.82. The van der Waals surface area contributed by atoms with Gasteiger partial charge < -0.3 is 15.4 Å². The van der Waals surface area contributed by atoms with Crippen LogP contribution in [0.3, 0.4) is 0 Å². The lowest BCUT2D eigenvalue weighted by atomic mass is 9.95. The maximum Gasteiger partial charge on any atom is 0.313 e. The van der Waals surface area contributed by atoms with Crippen LogP contribution in [0.5, 0.6) is 5.75 Å². The van der Waals surface area contributed by atoms with Crippen molar-refractivity contribution in [3.05, 3.63) is 22.7 Å². The summed E-state index contributed by atoms with van der Waals surface area (Å²) >= 11 is 6.02. The maximum atomic E-state index is 12.0. The van der Waals surface area contributed by atoms with Crippen LogP contribution in [0.15, 0.2) is 12.1 Å². The number of amides is 2. The second kappa shape index (κ2) is 7.49. The lowest BCUT2D eigenvalue weighted by Gasteiger charge is -2.22. The maximum absolute atomic E-state index is 12.0. The van der Waals surface area contributed by atoms with E-state index in [4.69, 9.17) is 16.3 Å². The van der Waals surface area contributed by atoms with Crippen molar-refractivity contribution in [2.24, 2.45) is 0 Å². The number of aryl methyl sites for hydroxylation is 1. The van der Waals surface area contributed by atoms with Crippen molar-refractivity contribution in [2.45, 2.75) is 45.1 Å². The van der Waals surface area contributed by atoms with Gasteiger partial charge in [-0.1, -0.05) is 30.9 Å². The average molecular weight is 325 g/mol. The lowest BCUT2D eigenvalue weighted by Crippen LogP contribution is -2.42. The molecule has 0 saturated heterocycles. The first kappa shape index (κ1) is 16.6.